The average Bonchev–Trinajstić information content (AvgIpc) is 2.77. The Balaban J connectivity index is 2.82. The van der Waals surface area contributed by atoms with Gasteiger partial charge in [0.15, 0.2) is 6.29 Å². The lowest BCUT2D eigenvalue weighted by atomic mass is 10.1. The number of rotatable bonds is 7. The Hall–Kier alpha value is -0.910. The molecule has 0 aliphatic rings. The van der Waals surface area contributed by atoms with Crippen molar-refractivity contribution in [3.63, 3.8) is 0 Å². The Kier molecular flexibility index (Phi) is 5.45. The number of ether oxygens (including phenoxy) is 2. The minimum atomic E-state index is -0.297. The van der Waals surface area contributed by atoms with Crippen LogP contribution in [0.3, 0.4) is 0 Å². The van der Waals surface area contributed by atoms with Crippen molar-refractivity contribution in [1.82, 2.24) is 15.1 Å². The maximum absolute atomic E-state index is 5.29. The molecule has 0 saturated carbocycles. The molecule has 1 atom stereocenters. The maximum atomic E-state index is 5.29. The van der Waals surface area contributed by atoms with Crippen molar-refractivity contribution in [2.45, 2.75) is 32.7 Å². The van der Waals surface area contributed by atoms with Gasteiger partial charge in [-0.2, -0.15) is 5.10 Å². The SMILES string of the molecule is CCNC(c1cnn(CC)c1)C(OC)OC. The molecule has 0 spiro atoms. The summed E-state index contributed by atoms with van der Waals surface area (Å²) in [6.07, 6.45) is 3.56. The van der Waals surface area contributed by atoms with Crippen molar-refractivity contribution < 1.29 is 9.47 Å². The first-order valence-electron chi connectivity index (χ1n) is 5.58. The predicted molar refractivity (Wildman–Crippen MR) is 62.1 cm³/mol. The molecule has 0 aliphatic carbocycles. The number of nitrogens with zero attached hydrogens (tertiary/aromatic N) is 2. The van der Waals surface area contributed by atoms with Crippen LogP contribution in [0.25, 0.3) is 0 Å². The van der Waals surface area contributed by atoms with Crippen LogP contribution in [-0.2, 0) is 16.0 Å². The molecule has 0 radical (unpaired) electrons. The third kappa shape index (κ3) is 3.04. The molecule has 0 fully saturated rings. The monoisotopic (exact) mass is 227 g/mol. The molecule has 16 heavy (non-hydrogen) atoms. The van der Waals surface area contributed by atoms with Crippen molar-refractivity contribution >= 4 is 0 Å². The van der Waals surface area contributed by atoms with Crippen LogP contribution in [-0.4, -0.2) is 36.8 Å². The molecule has 1 aromatic rings. The smallest absolute Gasteiger partial charge is 0.176 e. The Labute approximate surface area is 96.7 Å². The third-order valence-corrected chi connectivity index (χ3v) is 2.50. The molecule has 1 heterocycles. The average molecular weight is 227 g/mol. The zero-order valence-corrected chi connectivity index (χ0v) is 10.4. The van der Waals surface area contributed by atoms with Crippen LogP contribution < -0.4 is 5.32 Å². The second kappa shape index (κ2) is 6.62. The van der Waals surface area contributed by atoms with Gasteiger partial charge in [-0.05, 0) is 13.5 Å². The standard InChI is InChI=1S/C11H21N3O2/c1-5-12-10(11(15-3)16-4)9-7-13-14(6-2)8-9/h7-8,10-12H,5-6H2,1-4H3. The molecule has 0 saturated heterocycles. The summed E-state index contributed by atoms with van der Waals surface area (Å²) in [5, 5.41) is 7.59. The van der Waals surface area contributed by atoms with Crippen molar-refractivity contribution in [2.24, 2.45) is 0 Å². The van der Waals surface area contributed by atoms with Gasteiger partial charge in [-0.15, -0.1) is 0 Å². The van der Waals surface area contributed by atoms with Crippen molar-refractivity contribution in [2.75, 3.05) is 20.8 Å². The Morgan fingerprint density at radius 1 is 1.38 bits per heavy atom. The fourth-order valence-corrected chi connectivity index (χ4v) is 1.67. The lowest BCUT2D eigenvalue weighted by Gasteiger charge is -2.24. The molecule has 1 N–H and O–H groups in total. The predicted octanol–water partition coefficient (Wildman–Crippen LogP) is 1.17. The lowest BCUT2D eigenvalue weighted by Crippen LogP contribution is -2.34. The van der Waals surface area contributed by atoms with Crippen molar-refractivity contribution in [3.8, 4) is 0 Å². The minimum absolute atomic E-state index is 0.0142. The first kappa shape index (κ1) is 13.2. The van der Waals surface area contributed by atoms with E-state index in [0.717, 1.165) is 18.7 Å². The van der Waals surface area contributed by atoms with E-state index in [4.69, 9.17) is 9.47 Å². The molecule has 1 rings (SSSR count). The summed E-state index contributed by atoms with van der Waals surface area (Å²) in [6.45, 7) is 5.83. The molecular weight excluding hydrogens is 206 g/mol. The molecule has 1 unspecified atom stereocenters. The molecule has 92 valence electrons. The van der Waals surface area contributed by atoms with Crippen LogP contribution in [0.4, 0.5) is 0 Å². The van der Waals surface area contributed by atoms with Crippen molar-refractivity contribution in [1.29, 1.82) is 0 Å². The zero-order valence-electron chi connectivity index (χ0n) is 10.4. The first-order chi connectivity index (χ1) is 7.76. The van der Waals surface area contributed by atoms with E-state index in [1.165, 1.54) is 0 Å². The number of nitrogens with one attached hydrogen (secondary N) is 1. The highest BCUT2D eigenvalue weighted by Gasteiger charge is 2.23. The van der Waals surface area contributed by atoms with E-state index in [1.807, 2.05) is 17.1 Å². The van der Waals surface area contributed by atoms with Gasteiger partial charge in [-0.25, -0.2) is 0 Å². The summed E-state index contributed by atoms with van der Waals surface area (Å²) < 4.78 is 12.5. The second-order valence-corrected chi connectivity index (χ2v) is 3.50. The number of hydrogen-bond acceptors (Lipinski definition) is 4. The molecule has 0 aromatic carbocycles. The Morgan fingerprint density at radius 2 is 2.06 bits per heavy atom. The second-order valence-electron chi connectivity index (χ2n) is 3.50. The maximum Gasteiger partial charge on any atom is 0.176 e. The van der Waals surface area contributed by atoms with Gasteiger partial charge in [-0.3, -0.25) is 4.68 Å². The number of likely N-dealkylation sites (N-methyl/N-ethyl adjacent to an activating group) is 1. The fraction of sp³-hybridized carbons (Fsp3) is 0.727. The Bertz CT molecular complexity index is 297. The Morgan fingerprint density at radius 3 is 2.50 bits per heavy atom. The molecule has 0 aliphatic heterocycles. The number of hydrogen-bond donors (Lipinski definition) is 1. The van der Waals surface area contributed by atoms with E-state index in [2.05, 4.69) is 24.3 Å². The van der Waals surface area contributed by atoms with Crippen LogP contribution in [0, 0.1) is 0 Å². The summed E-state index contributed by atoms with van der Waals surface area (Å²) >= 11 is 0. The van der Waals surface area contributed by atoms with Crippen LogP contribution in [0.1, 0.15) is 25.5 Å². The molecule has 1 aromatic heterocycles. The van der Waals surface area contributed by atoms with Crippen LogP contribution in [0.5, 0.6) is 0 Å². The van der Waals surface area contributed by atoms with Gasteiger partial charge in [0.25, 0.3) is 0 Å². The summed E-state index contributed by atoms with van der Waals surface area (Å²) in [5.41, 5.74) is 1.08. The normalized spacial score (nSPS) is 13.3. The van der Waals surface area contributed by atoms with Gasteiger partial charge < -0.3 is 14.8 Å². The molecule has 0 bridgehead atoms. The largest absolute Gasteiger partial charge is 0.354 e. The molecule has 5 heteroatoms. The highest BCUT2D eigenvalue weighted by atomic mass is 16.7. The van der Waals surface area contributed by atoms with E-state index in [9.17, 15) is 0 Å². The third-order valence-electron chi connectivity index (χ3n) is 2.50. The number of aromatic nitrogens is 2. The van der Waals surface area contributed by atoms with E-state index in [-0.39, 0.29) is 12.3 Å². The van der Waals surface area contributed by atoms with Gasteiger partial charge in [0.1, 0.15) is 0 Å². The first-order valence-corrected chi connectivity index (χ1v) is 5.58. The van der Waals surface area contributed by atoms with Crippen molar-refractivity contribution in [3.05, 3.63) is 18.0 Å². The van der Waals surface area contributed by atoms with E-state index in [1.54, 1.807) is 14.2 Å². The molecule has 5 nitrogen and oxygen atoms in total. The number of methoxy groups -OCH3 is 2. The summed E-state index contributed by atoms with van der Waals surface area (Å²) in [4.78, 5) is 0. The summed E-state index contributed by atoms with van der Waals surface area (Å²) in [7, 11) is 3.28. The van der Waals surface area contributed by atoms with Gasteiger partial charge in [0, 0.05) is 32.5 Å². The van der Waals surface area contributed by atoms with Crippen LogP contribution in [0.15, 0.2) is 12.4 Å². The highest BCUT2D eigenvalue weighted by molar-refractivity contribution is 5.11. The van der Waals surface area contributed by atoms with Crippen LogP contribution >= 0.6 is 0 Å². The fourth-order valence-electron chi connectivity index (χ4n) is 1.67. The topological polar surface area (TPSA) is 48.3 Å². The highest BCUT2D eigenvalue weighted by Crippen LogP contribution is 2.18. The zero-order chi connectivity index (χ0) is 12.0. The van der Waals surface area contributed by atoms with Gasteiger partial charge in [0.05, 0.1) is 12.2 Å². The molecular formula is C11H21N3O2. The molecule has 0 amide bonds. The van der Waals surface area contributed by atoms with Gasteiger partial charge in [0.2, 0.25) is 0 Å². The van der Waals surface area contributed by atoms with E-state index < -0.39 is 0 Å². The summed E-state index contributed by atoms with van der Waals surface area (Å²) in [6, 6.07) is 0.0142. The quantitative estimate of drug-likeness (QED) is 0.710. The number of aryl methyl sites for hydroxylation is 1. The van der Waals surface area contributed by atoms with Gasteiger partial charge in [-0.1, -0.05) is 6.92 Å². The van der Waals surface area contributed by atoms with Crippen LogP contribution in [0.2, 0.25) is 0 Å². The summed E-state index contributed by atoms with van der Waals surface area (Å²) in [5.74, 6) is 0. The van der Waals surface area contributed by atoms with E-state index >= 15 is 0 Å². The van der Waals surface area contributed by atoms with Gasteiger partial charge >= 0.3 is 0 Å². The van der Waals surface area contributed by atoms with E-state index in [0.29, 0.717) is 0 Å². The minimum Gasteiger partial charge on any atom is -0.354 e. The lowest BCUT2D eigenvalue weighted by molar-refractivity contribution is -0.123.